The molecule has 2 fully saturated rings. The van der Waals surface area contributed by atoms with E-state index in [-0.39, 0.29) is 29.0 Å². The molecule has 1 aromatic heterocycles. The molecule has 0 radical (unpaired) electrons. The summed E-state index contributed by atoms with van der Waals surface area (Å²) in [6, 6.07) is 4.38. The Kier molecular flexibility index (Phi) is 7.32. The van der Waals surface area contributed by atoms with Crippen molar-refractivity contribution in [2.45, 2.75) is 75.2 Å². The third kappa shape index (κ3) is 4.86. The molecule has 210 valence electrons. The van der Waals surface area contributed by atoms with Gasteiger partial charge in [-0.05, 0) is 57.7 Å². The molecule has 1 unspecified atom stereocenters. The number of pyridine rings is 1. The van der Waals surface area contributed by atoms with Crippen LogP contribution in [0.25, 0.3) is 11.3 Å². The molecule has 2 aliphatic heterocycles. The van der Waals surface area contributed by atoms with E-state index in [0.717, 1.165) is 12.8 Å². The number of benzene rings is 1. The first kappa shape index (κ1) is 27.4. The summed E-state index contributed by atoms with van der Waals surface area (Å²) in [7, 11) is -2.33. The van der Waals surface area contributed by atoms with Gasteiger partial charge in [0.05, 0.1) is 34.2 Å². The Morgan fingerprint density at radius 3 is 2.49 bits per heavy atom. The topological polar surface area (TPSA) is 121 Å². The van der Waals surface area contributed by atoms with E-state index < -0.39 is 32.7 Å². The Balaban J connectivity index is 1.75. The molecule has 39 heavy (non-hydrogen) atoms. The van der Waals surface area contributed by atoms with Crippen molar-refractivity contribution in [1.29, 1.82) is 0 Å². The first-order valence-electron chi connectivity index (χ1n) is 13.4. The number of nitrogens with zero attached hydrogens (tertiary/aromatic N) is 2. The van der Waals surface area contributed by atoms with Crippen molar-refractivity contribution in [3.63, 3.8) is 0 Å². The lowest BCUT2D eigenvalue weighted by Gasteiger charge is -2.31. The zero-order chi connectivity index (χ0) is 28.1. The van der Waals surface area contributed by atoms with Crippen molar-refractivity contribution < 1.29 is 32.2 Å². The lowest BCUT2D eigenvalue weighted by Crippen LogP contribution is -2.33. The first-order valence-corrected chi connectivity index (χ1v) is 15.0. The fourth-order valence-electron chi connectivity index (χ4n) is 5.30. The van der Waals surface area contributed by atoms with Crippen molar-refractivity contribution in [2.75, 3.05) is 31.8 Å². The van der Waals surface area contributed by atoms with E-state index in [9.17, 15) is 22.8 Å². The Bertz CT molecular complexity index is 1490. The number of aromatic nitrogens is 1. The monoisotopic (exact) mass is 558 g/mol. The SMILES string of the molecule is COCCCOc1cc2c(cc1N1CCCC1=O)-c1c(cc(C(=O)OC(C)C)c(=O)n1C1CC1)C(C)S2(=O)=O. The van der Waals surface area contributed by atoms with E-state index >= 15 is 0 Å². The molecule has 0 spiro atoms. The predicted molar refractivity (Wildman–Crippen MR) is 144 cm³/mol. The smallest absolute Gasteiger partial charge is 0.344 e. The van der Waals surface area contributed by atoms with Crippen molar-refractivity contribution in [3.8, 4) is 17.0 Å². The quantitative estimate of drug-likeness (QED) is 0.337. The number of anilines is 1. The third-order valence-electron chi connectivity index (χ3n) is 7.38. The molecule has 2 aromatic rings. The number of methoxy groups -OCH3 is 1. The summed E-state index contributed by atoms with van der Waals surface area (Å²) < 4.78 is 45.7. The molecular weight excluding hydrogens is 524 g/mol. The summed E-state index contributed by atoms with van der Waals surface area (Å²) in [6.07, 6.45) is 2.70. The summed E-state index contributed by atoms with van der Waals surface area (Å²) in [4.78, 5) is 41.0. The Labute approximate surface area is 227 Å². The zero-order valence-corrected chi connectivity index (χ0v) is 23.5. The van der Waals surface area contributed by atoms with Gasteiger partial charge in [-0.15, -0.1) is 0 Å². The van der Waals surface area contributed by atoms with Crippen LogP contribution in [0.15, 0.2) is 27.9 Å². The fraction of sp³-hybridized carbons (Fsp3) is 0.536. The van der Waals surface area contributed by atoms with Gasteiger partial charge in [0.25, 0.3) is 5.56 Å². The van der Waals surface area contributed by atoms with Gasteiger partial charge in [0, 0.05) is 50.8 Å². The number of carbonyl (C=O) groups is 2. The Morgan fingerprint density at radius 1 is 1.13 bits per heavy atom. The molecule has 10 nitrogen and oxygen atoms in total. The van der Waals surface area contributed by atoms with Crippen molar-refractivity contribution in [1.82, 2.24) is 4.57 Å². The second kappa shape index (κ2) is 10.4. The molecule has 3 aliphatic rings. The van der Waals surface area contributed by atoms with Crippen LogP contribution in [0, 0.1) is 0 Å². The number of hydrogen-bond acceptors (Lipinski definition) is 8. The minimum absolute atomic E-state index is 0.0472. The normalized spacial score (nSPS) is 19.7. The van der Waals surface area contributed by atoms with Crippen LogP contribution in [0.4, 0.5) is 5.69 Å². The van der Waals surface area contributed by atoms with Crippen LogP contribution >= 0.6 is 0 Å². The number of ether oxygens (including phenoxy) is 3. The molecular formula is C28H34N2O8S. The fourth-order valence-corrected chi connectivity index (χ4v) is 6.93. The maximum atomic E-state index is 13.9. The van der Waals surface area contributed by atoms with Crippen molar-refractivity contribution in [3.05, 3.63) is 39.7 Å². The molecule has 3 heterocycles. The first-order chi connectivity index (χ1) is 18.6. The number of fused-ring (bicyclic) bond motifs is 3. The van der Waals surface area contributed by atoms with E-state index in [1.54, 1.807) is 43.4 Å². The predicted octanol–water partition coefficient (Wildman–Crippen LogP) is 3.81. The van der Waals surface area contributed by atoms with E-state index in [1.165, 1.54) is 12.1 Å². The minimum Gasteiger partial charge on any atom is -0.491 e. The van der Waals surface area contributed by atoms with Crippen LogP contribution < -0.4 is 15.2 Å². The van der Waals surface area contributed by atoms with E-state index in [0.29, 0.717) is 60.7 Å². The highest BCUT2D eigenvalue weighted by Gasteiger charge is 2.42. The van der Waals surface area contributed by atoms with Crippen LogP contribution in [0.2, 0.25) is 0 Å². The van der Waals surface area contributed by atoms with Gasteiger partial charge in [-0.1, -0.05) is 0 Å². The molecule has 1 saturated heterocycles. The van der Waals surface area contributed by atoms with Crippen molar-refractivity contribution in [2.24, 2.45) is 0 Å². The van der Waals surface area contributed by atoms with Gasteiger partial charge < -0.3 is 23.7 Å². The number of sulfone groups is 1. The van der Waals surface area contributed by atoms with E-state index in [4.69, 9.17) is 14.2 Å². The van der Waals surface area contributed by atoms with E-state index in [2.05, 4.69) is 0 Å². The summed E-state index contributed by atoms with van der Waals surface area (Å²) in [5.74, 6) is -0.544. The molecule has 1 atom stereocenters. The van der Waals surface area contributed by atoms with E-state index in [1.807, 2.05) is 0 Å². The summed E-state index contributed by atoms with van der Waals surface area (Å²) in [6.45, 7) is 6.18. The molecule has 5 rings (SSSR count). The van der Waals surface area contributed by atoms with Gasteiger partial charge in [-0.2, -0.15) is 0 Å². The third-order valence-corrected chi connectivity index (χ3v) is 9.51. The van der Waals surface area contributed by atoms with Gasteiger partial charge in [-0.3, -0.25) is 9.59 Å². The highest BCUT2D eigenvalue weighted by atomic mass is 32.2. The van der Waals surface area contributed by atoms with Gasteiger partial charge in [-0.25, -0.2) is 13.2 Å². The average Bonchev–Trinajstić information content (AvgIpc) is 3.63. The molecule has 11 heteroatoms. The second-order valence-electron chi connectivity index (χ2n) is 10.6. The second-order valence-corrected chi connectivity index (χ2v) is 12.8. The van der Waals surface area contributed by atoms with Gasteiger partial charge >= 0.3 is 5.97 Å². The van der Waals surface area contributed by atoms with Crippen LogP contribution in [-0.4, -0.2) is 57.8 Å². The molecule has 0 N–H and O–H groups in total. The number of esters is 1. The molecule has 1 aromatic carbocycles. The van der Waals surface area contributed by atoms with Gasteiger partial charge in [0.1, 0.15) is 11.3 Å². The van der Waals surface area contributed by atoms with Crippen LogP contribution in [0.5, 0.6) is 5.75 Å². The summed E-state index contributed by atoms with van der Waals surface area (Å²) in [5, 5.41) is -1.02. The highest BCUT2D eigenvalue weighted by Crippen LogP contribution is 2.50. The Morgan fingerprint density at radius 2 is 1.87 bits per heavy atom. The maximum Gasteiger partial charge on any atom is 0.344 e. The summed E-state index contributed by atoms with van der Waals surface area (Å²) >= 11 is 0. The standard InChI is InChI=1S/C28H34N2O8S/c1-16(2)38-28(33)21-13-19-17(3)39(34,35)24-15-23(37-12-6-11-36-4)22(29-10-5-7-25(29)31)14-20(24)26(19)30(27(21)32)18-8-9-18/h13-18H,5-12H2,1-4H3. The zero-order valence-electron chi connectivity index (χ0n) is 22.7. The molecule has 1 amide bonds. The maximum absolute atomic E-state index is 13.9. The number of amides is 1. The minimum atomic E-state index is -3.92. The Hall–Kier alpha value is -3.18. The van der Waals surface area contributed by atoms with Crippen LogP contribution in [0.1, 0.15) is 80.1 Å². The molecule has 1 aliphatic carbocycles. The number of hydrogen-bond donors (Lipinski definition) is 0. The van der Waals surface area contributed by atoms with Crippen molar-refractivity contribution >= 4 is 27.4 Å². The molecule has 0 bridgehead atoms. The largest absolute Gasteiger partial charge is 0.491 e. The average molecular weight is 559 g/mol. The number of rotatable bonds is 9. The lowest BCUT2D eigenvalue weighted by atomic mass is 9.98. The van der Waals surface area contributed by atoms with Gasteiger partial charge in [0.15, 0.2) is 9.84 Å². The number of carbonyl (C=O) groups excluding carboxylic acids is 2. The molecule has 1 saturated carbocycles. The van der Waals surface area contributed by atoms with Crippen LogP contribution in [0.3, 0.4) is 0 Å². The summed E-state index contributed by atoms with van der Waals surface area (Å²) in [5.41, 5.74) is 0.986. The lowest BCUT2D eigenvalue weighted by molar-refractivity contribution is -0.117. The highest BCUT2D eigenvalue weighted by molar-refractivity contribution is 7.92. The van der Waals surface area contributed by atoms with Gasteiger partial charge in [0.2, 0.25) is 5.91 Å². The van der Waals surface area contributed by atoms with Crippen LogP contribution in [-0.2, 0) is 24.1 Å².